The van der Waals surface area contributed by atoms with Crippen molar-refractivity contribution in [3.05, 3.63) is 34.9 Å². The standard InChI is InChI=1S/C17H23NO3/c1-4-17(16(20)21)9-6-10-18(11-17)15(19)14-12(2)7-5-8-13(14)3/h5,7-8H,4,6,9-11H2,1-3H3,(H,20,21). The van der Waals surface area contributed by atoms with Gasteiger partial charge in [-0.05, 0) is 44.2 Å². The first kappa shape index (κ1) is 15.5. The first-order valence-corrected chi connectivity index (χ1v) is 7.50. The van der Waals surface area contributed by atoms with Crippen molar-refractivity contribution in [2.45, 2.75) is 40.0 Å². The fourth-order valence-electron chi connectivity index (χ4n) is 3.23. The number of carbonyl (C=O) groups excluding carboxylic acids is 1. The maximum Gasteiger partial charge on any atom is 0.311 e. The molecule has 21 heavy (non-hydrogen) atoms. The van der Waals surface area contributed by atoms with E-state index in [9.17, 15) is 14.7 Å². The predicted octanol–water partition coefficient (Wildman–Crippen LogP) is 3.02. The summed E-state index contributed by atoms with van der Waals surface area (Å²) >= 11 is 0. The second kappa shape index (κ2) is 5.88. The molecule has 1 saturated heterocycles. The van der Waals surface area contributed by atoms with Gasteiger partial charge >= 0.3 is 5.97 Å². The Labute approximate surface area is 125 Å². The highest BCUT2D eigenvalue weighted by atomic mass is 16.4. The zero-order chi connectivity index (χ0) is 15.6. The van der Waals surface area contributed by atoms with Gasteiger partial charge in [0.15, 0.2) is 0 Å². The number of hydrogen-bond acceptors (Lipinski definition) is 2. The van der Waals surface area contributed by atoms with Crippen LogP contribution in [0.4, 0.5) is 0 Å². The Kier molecular flexibility index (Phi) is 4.35. The van der Waals surface area contributed by atoms with Crippen LogP contribution in [0.1, 0.15) is 47.7 Å². The van der Waals surface area contributed by atoms with E-state index in [1.54, 1.807) is 4.90 Å². The minimum absolute atomic E-state index is 0.0376. The van der Waals surface area contributed by atoms with Crippen LogP contribution in [0.3, 0.4) is 0 Å². The lowest BCUT2D eigenvalue weighted by molar-refractivity contribution is -0.152. The molecule has 1 unspecified atom stereocenters. The van der Waals surface area contributed by atoms with Crippen LogP contribution < -0.4 is 0 Å². The SMILES string of the molecule is CCC1(C(=O)O)CCCN(C(=O)c2c(C)cccc2C)C1. The van der Waals surface area contributed by atoms with Gasteiger partial charge in [-0.2, -0.15) is 0 Å². The monoisotopic (exact) mass is 289 g/mol. The number of aryl methyl sites for hydroxylation is 2. The molecular formula is C17H23NO3. The molecule has 1 aromatic rings. The topological polar surface area (TPSA) is 57.6 Å². The van der Waals surface area contributed by atoms with Crippen LogP contribution in [0, 0.1) is 19.3 Å². The Hall–Kier alpha value is -1.84. The van der Waals surface area contributed by atoms with Gasteiger partial charge < -0.3 is 10.0 Å². The highest BCUT2D eigenvalue weighted by Crippen LogP contribution is 2.34. The summed E-state index contributed by atoms with van der Waals surface area (Å²) in [5, 5.41) is 9.53. The molecule has 1 atom stereocenters. The van der Waals surface area contributed by atoms with Crippen molar-refractivity contribution in [3.63, 3.8) is 0 Å². The van der Waals surface area contributed by atoms with Crippen molar-refractivity contribution in [1.82, 2.24) is 4.90 Å². The number of piperidine rings is 1. The Morgan fingerprint density at radius 1 is 1.29 bits per heavy atom. The van der Waals surface area contributed by atoms with E-state index in [4.69, 9.17) is 0 Å². The third kappa shape index (κ3) is 2.80. The molecule has 1 aliphatic heterocycles. The smallest absolute Gasteiger partial charge is 0.311 e. The van der Waals surface area contributed by atoms with Crippen LogP contribution in [0.15, 0.2) is 18.2 Å². The molecule has 0 aromatic heterocycles. The molecule has 114 valence electrons. The number of aliphatic carboxylic acids is 1. The largest absolute Gasteiger partial charge is 0.481 e. The number of carbonyl (C=O) groups is 2. The average molecular weight is 289 g/mol. The maximum absolute atomic E-state index is 12.8. The molecule has 0 spiro atoms. The molecule has 0 saturated carbocycles. The van der Waals surface area contributed by atoms with Gasteiger partial charge in [-0.1, -0.05) is 25.1 Å². The van der Waals surface area contributed by atoms with Gasteiger partial charge in [0.2, 0.25) is 0 Å². The first-order chi connectivity index (χ1) is 9.91. The summed E-state index contributed by atoms with van der Waals surface area (Å²) in [6.07, 6.45) is 1.95. The third-order valence-corrected chi connectivity index (χ3v) is 4.69. The lowest BCUT2D eigenvalue weighted by Gasteiger charge is -2.39. The second-order valence-corrected chi connectivity index (χ2v) is 6.04. The van der Waals surface area contributed by atoms with Crippen LogP contribution >= 0.6 is 0 Å². The summed E-state index contributed by atoms with van der Waals surface area (Å²) in [6.45, 7) is 6.69. The molecule has 1 heterocycles. The van der Waals surface area contributed by atoms with Gasteiger partial charge in [-0.15, -0.1) is 0 Å². The summed E-state index contributed by atoms with van der Waals surface area (Å²) in [4.78, 5) is 26.1. The molecular weight excluding hydrogens is 266 g/mol. The fraction of sp³-hybridized carbons (Fsp3) is 0.529. The number of carboxylic acid groups (broad SMARTS) is 1. The quantitative estimate of drug-likeness (QED) is 0.930. The van der Waals surface area contributed by atoms with Gasteiger partial charge in [0.25, 0.3) is 5.91 Å². The zero-order valence-electron chi connectivity index (χ0n) is 13.0. The van der Waals surface area contributed by atoms with Crippen LogP contribution in [0.5, 0.6) is 0 Å². The lowest BCUT2D eigenvalue weighted by Crippen LogP contribution is -2.49. The predicted molar refractivity (Wildman–Crippen MR) is 81.4 cm³/mol. The van der Waals surface area contributed by atoms with E-state index >= 15 is 0 Å². The number of nitrogens with zero attached hydrogens (tertiary/aromatic N) is 1. The Balaban J connectivity index is 2.30. The molecule has 1 fully saturated rings. The van der Waals surface area contributed by atoms with Crippen molar-refractivity contribution in [1.29, 1.82) is 0 Å². The van der Waals surface area contributed by atoms with Crippen molar-refractivity contribution in [2.75, 3.05) is 13.1 Å². The number of amides is 1. The molecule has 1 aromatic carbocycles. The molecule has 2 rings (SSSR count). The van der Waals surface area contributed by atoms with Gasteiger partial charge in [0.05, 0.1) is 5.41 Å². The molecule has 1 amide bonds. The van der Waals surface area contributed by atoms with E-state index in [1.165, 1.54) is 0 Å². The Morgan fingerprint density at radius 3 is 2.43 bits per heavy atom. The number of rotatable bonds is 3. The molecule has 0 bridgehead atoms. The lowest BCUT2D eigenvalue weighted by atomic mass is 9.77. The minimum atomic E-state index is -0.788. The normalized spacial score (nSPS) is 22.1. The van der Waals surface area contributed by atoms with Crippen molar-refractivity contribution in [2.24, 2.45) is 5.41 Å². The zero-order valence-corrected chi connectivity index (χ0v) is 13.0. The fourth-order valence-corrected chi connectivity index (χ4v) is 3.23. The van der Waals surface area contributed by atoms with E-state index in [2.05, 4.69) is 0 Å². The van der Waals surface area contributed by atoms with Gasteiger partial charge in [-0.25, -0.2) is 0 Å². The van der Waals surface area contributed by atoms with Gasteiger partial charge in [-0.3, -0.25) is 9.59 Å². The van der Waals surface area contributed by atoms with E-state index in [1.807, 2.05) is 39.0 Å². The second-order valence-electron chi connectivity index (χ2n) is 6.04. The molecule has 4 heteroatoms. The molecule has 4 nitrogen and oxygen atoms in total. The maximum atomic E-state index is 12.8. The van der Waals surface area contributed by atoms with Crippen molar-refractivity contribution < 1.29 is 14.7 Å². The van der Waals surface area contributed by atoms with Crippen LogP contribution in [-0.2, 0) is 4.79 Å². The van der Waals surface area contributed by atoms with E-state index in [-0.39, 0.29) is 5.91 Å². The summed E-state index contributed by atoms with van der Waals surface area (Å²) < 4.78 is 0. The van der Waals surface area contributed by atoms with Crippen LogP contribution in [0.2, 0.25) is 0 Å². The number of benzene rings is 1. The highest BCUT2D eigenvalue weighted by molar-refractivity contribution is 5.97. The number of hydrogen-bond donors (Lipinski definition) is 1. The summed E-state index contributed by atoms with van der Waals surface area (Å²) in [5.41, 5.74) is 1.82. The van der Waals surface area contributed by atoms with E-state index < -0.39 is 11.4 Å². The average Bonchev–Trinajstić information content (AvgIpc) is 2.46. The molecule has 0 radical (unpaired) electrons. The van der Waals surface area contributed by atoms with Crippen molar-refractivity contribution >= 4 is 11.9 Å². The molecule has 1 N–H and O–H groups in total. The molecule has 1 aliphatic rings. The van der Waals surface area contributed by atoms with E-state index in [0.717, 1.165) is 23.1 Å². The first-order valence-electron chi connectivity index (χ1n) is 7.50. The summed E-state index contributed by atoms with van der Waals surface area (Å²) in [5.74, 6) is -0.826. The summed E-state index contributed by atoms with van der Waals surface area (Å²) in [7, 11) is 0. The number of likely N-dealkylation sites (tertiary alicyclic amines) is 1. The Bertz CT molecular complexity index is 547. The highest BCUT2D eigenvalue weighted by Gasteiger charge is 2.42. The number of carboxylic acids is 1. The molecule has 0 aliphatic carbocycles. The van der Waals surface area contributed by atoms with Gasteiger partial charge in [0.1, 0.15) is 0 Å². The van der Waals surface area contributed by atoms with Crippen molar-refractivity contribution in [3.8, 4) is 0 Å². The Morgan fingerprint density at radius 2 is 1.90 bits per heavy atom. The van der Waals surface area contributed by atoms with Gasteiger partial charge in [0, 0.05) is 18.7 Å². The summed E-state index contributed by atoms with van der Waals surface area (Å²) in [6, 6.07) is 5.79. The third-order valence-electron chi connectivity index (χ3n) is 4.69. The van der Waals surface area contributed by atoms with Crippen LogP contribution in [0.25, 0.3) is 0 Å². The van der Waals surface area contributed by atoms with E-state index in [0.29, 0.717) is 25.9 Å². The minimum Gasteiger partial charge on any atom is -0.481 e. The van der Waals surface area contributed by atoms with Crippen LogP contribution in [-0.4, -0.2) is 35.0 Å².